The van der Waals surface area contributed by atoms with Gasteiger partial charge in [-0.2, -0.15) is 10.4 Å². The van der Waals surface area contributed by atoms with E-state index >= 15 is 0 Å². The monoisotopic (exact) mass is 266 g/mol. The van der Waals surface area contributed by atoms with Crippen LogP contribution in [-0.2, 0) is 7.05 Å². The lowest BCUT2D eigenvalue weighted by molar-refractivity contribution is 0.102. The lowest BCUT2D eigenvalue weighted by Gasteiger charge is -2.04. The van der Waals surface area contributed by atoms with Gasteiger partial charge in [0.2, 0.25) is 0 Å². The van der Waals surface area contributed by atoms with Gasteiger partial charge in [-0.3, -0.25) is 9.48 Å². The standard InChI is InChI=1S/C14H10N4O2/c1-18-13(9(6-15)7-16-18)17-14(19)11-8-20-12-5-3-2-4-10(11)12/h2-5,7-8H,1H3,(H,17,19). The smallest absolute Gasteiger partial charge is 0.260 e. The number of aromatic nitrogens is 2. The molecule has 1 amide bonds. The first kappa shape index (κ1) is 12.0. The summed E-state index contributed by atoms with van der Waals surface area (Å²) in [5.41, 5.74) is 1.38. The second kappa shape index (κ2) is 4.55. The van der Waals surface area contributed by atoms with Gasteiger partial charge in [-0.1, -0.05) is 18.2 Å². The number of hydrogen-bond donors (Lipinski definition) is 1. The first-order valence-corrected chi connectivity index (χ1v) is 5.90. The molecule has 0 atom stereocenters. The molecule has 0 unspecified atom stereocenters. The van der Waals surface area contributed by atoms with Crippen LogP contribution < -0.4 is 5.32 Å². The van der Waals surface area contributed by atoms with Crippen LogP contribution in [0.15, 0.2) is 41.1 Å². The summed E-state index contributed by atoms with van der Waals surface area (Å²) in [5.74, 6) is 0.0258. The molecule has 1 aromatic carbocycles. The highest BCUT2D eigenvalue weighted by Crippen LogP contribution is 2.22. The second-order valence-corrected chi connectivity index (χ2v) is 4.24. The Morgan fingerprint density at radius 1 is 1.45 bits per heavy atom. The van der Waals surface area contributed by atoms with E-state index in [1.54, 1.807) is 13.1 Å². The normalized spacial score (nSPS) is 10.4. The number of rotatable bonds is 2. The highest BCUT2D eigenvalue weighted by Gasteiger charge is 2.17. The minimum atomic E-state index is -0.338. The highest BCUT2D eigenvalue weighted by molar-refractivity contribution is 6.12. The van der Waals surface area contributed by atoms with Crippen LogP contribution in [0, 0.1) is 11.3 Å². The summed E-state index contributed by atoms with van der Waals surface area (Å²) in [6, 6.07) is 9.25. The minimum absolute atomic E-state index is 0.314. The predicted molar refractivity (Wildman–Crippen MR) is 72.1 cm³/mol. The summed E-state index contributed by atoms with van der Waals surface area (Å²) in [5, 5.41) is 16.3. The summed E-state index contributed by atoms with van der Waals surface area (Å²) >= 11 is 0. The predicted octanol–water partition coefficient (Wildman–Crippen LogP) is 2.29. The molecule has 0 saturated heterocycles. The molecule has 0 fully saturated rings. The topological polar surface area (TPSA) is 83.9 Å². The van der Waals surface area contributed by atoms with E-state index in [9.17, 15) is 4.79 Å². The maximum Gasteiger partial charge on any atom is 0.260 e. The number of para-hydroxylation sites is 1. The molecule has 0 bridgehead atoms. The van der Waals surface area contributed by atoms with Gasteiger partial charge in [0.15, 0.2) is 0 Å². The molecule has 2 aromatic heterocycles. The molecule has 3 aromatic rings. The van der Waals surface area contributed by atoms with Gasteiger partial charge < -0.3 is 9.73 Å². The van der Waals surface area contributed by atoms with E-state index in [0.717, 1.165) is 5.39 Å². The van der Waals surface area contributed by atoms with Crippen LogP contribution in [0.2, 0.25) is 0 Å². The zero-order valence-corrected chi connectivity index (χ0v) is 10.6. The number of hydrogen-bond acceptors (Lipinski definition) is 4. The molecule has 0 aliphatic rings. The fourth-order valence-corrected chi connectivity index (χ4v) is 2.00. The summed E-state index contributed by atoms with van der Waals surface area (Å²) in [7, 11) is 1.66. The highest BCUT2D eigenvalue weighted by atomic mass is 16.3. The van der Waals surface area contributed by atoms with Crippen LogP contribution in [-0.4, -0.2) is 15.7 Å². The van der Waals surface area contributed by atoms with Crippen molar-refractivity contribution in [1.29, 1.82) is 5.26 Å². The Balaban J connectivity index is 1.98. The number of carbonyl (C=O) groups is 1. The third-order valence-electron chi connectivity index (χ3n) is 3.02. The molecule has 0 aliphatic heterocycles. The summed E-state index contributed by atoms with van der Waals surface area (Å²) in [4.78, 5) is 12.3. The Hall–Kier alpha value is -3.07. The first-order valence-electron chi connectivity index (χ1n) is 5.90. The number of carbonyl (C=O) groups excluding carboxylic acids is 1. The van der Waals surface area contributed by atoms with Crippen molar-refractivity contribution in [2.75, 3.05) is 5.32 Å². The number of nitrogens with zero attached hydrogens (tertiary/aromatic N) is 3. The lowest BCUT2D eigenvalue weighted by atomic mass is 10.1. The summed E-state index contributed by atoms with van der Waals surface area (Å²) < 4.78 is 6.77. The van der Waals surface area contributed by atoms with E-state index in [1.165, 1.54) is 17.1 Å². The molecule has 1 N–H and O–H groups in total. The SMILES string of the molecule is Cn1ncc(C#N)c1NC(=O)c1coc2ccccc12. The zero-order chi connectivity index (χ0) is 14.1. The van der Waals surface area contributed by atoms with Crippen molar-refractivity contribution in [3.8, 4) is 6.07 Å². The van der Waals surface area contributed by atoms with Gasteiger partial charge in [-0.05, 0) is 6.07 Å². The fraction of sp³-hybridized carbons (Fsp3) is 0.0714. The minimum Gasteiger partial charge on any atom is -0.463 e. The number of fused-ring (bicyclic) bond motifs is 1. The van der Waals surface area contributed by atoms with Crippen LogP contribution in [0.25, 0.3) is 11.0 Å². The summed E-state index contributed by atoms with van der Waals surface area (Å²) in [6.07, 6.45) is 2.81. The van der Waals surface area contributed by atoms with Gasteiger partial charge in [0.05, 0.1) is 11.8 Å². The Labute approximate surface area is 114 Å². The number of nitriles is 1. The average molecular weight is 266 g/mol. The van der Waals surface area contributed by atoms with Crippen LogP contribution >= 0.6 is 0 Å². The summed E-state index contributed by atoms with van der Waals surface area (Å²) in [6.45, 7) is 0. The largest absolute Gasteiger partial charge is 0.463 e. The van der Waals surface area contributed by atoms with E-state index in [2.05, 4.69) is 10.4 Å². The second-order valence-electron chi connectivity index (χ2n) is 4.24. The molecule has 0 aliphatic carbocycles. The Bertz CT molecular complexity index is 838. The van der Waals surface area contributed by atoms with Crippen molar-refractivity contribution in [1.82, 2.24) is 9.78 Å². The van der Waals surface area contributed by atoms with Crippen LogP contribution in [0.4, 0.5) is 5.82 Å². The quantitative estimate of drug-likeness (QED) is 0.771. The van der Waals surface area contributed by atoms with Crippen LogP contribution in [0.1, 0.15) is 15.9 Å². The number of anilines is 1. The molecule has 98 valence electrons. The van der Waals surface area contributed by atoms with Gasteiger partial charge in [-0.15, -0.1) is 0 Å². The van der Waals surface area contributed by atoms with Crippen LogP contribution in [0.5, 0.6) is 0 Å². The Morgan fingerprint density at radius 2 is 2.25 bits per heavy atom. The number of benzene rings is 1. The molecule has 0 radical (unpaired) electrons. The zero-order valence-electron chi connectivity index (χ0n) is 10.6. The van der Waals surface area contributed by atoms with E-state index in [-0.39, 0.29) is 5.91 Å². The molecule has 3 rings (SSSR count). The third-order valence-corrected chi connectivity index (χ3v) is 3.02. The molecule has 6 nitrogen and oxygen atoms in total. The molecular weight excluding hydrogens is 256 g/mol. The number of amides is 1. The maximum absolute atomic E-state index is 12.3. The van der Waals surface area contributed by atoms with E-state index in [1.807, 2.05) is 24.3 Å². The lowest BCUT2D eigenvalue weighted by Crippen LogP contribution is -2.15. The van der Waals surface area contributed by atoms with Crippen molar-refractivity contribution in [2.45, 2.75) is 0 Å². The van der Waals surface area contributed by atoms with Crippen molar-refractivity contribution in [3.05, 3.63) is 47.9 Å². The van der Waals surface area contributed by atoms with Gasteiger partial charge in [0.25, 0.3) is 5.91 Å². The molecular formula is C14H10N4O2. The molecule has 0 saturated carbocycles. The van der Waals surface area contributed by atoms with E-state index < -0.39 is 0 Å². The van der Waals surface area contributed by atoms with Gasteiger partial charge >= 0.3 is 0 Å². The first-order chi connectivity index (χ1) is 9.70. The van der Waals surface area contributed by atoms with Crippen molar-refractivity contribution >= 4 is 22.7 Å². The fourth-order valence-electron chi connectivity index (χ4n) is 2.00. The Morgan fingerprint density at radius 3 is 3.05 bits per heavy atom. The van der Waals surface area contributed by atoms with Crippen molar-refractivity contribution in [3.63, 3.8) is 0 Å². The van der Waals surface area contributed by atoms with Gasteiger partial charge in [-0.25, -0.2) is 0 Å². The third kappa shape index (κ3) is 1.82. The molecule has 6 heteroatoms. The maximum atomic E-state index is 12.3. The van der Waals surface area contributed by atoms with Crippen LogP contribution in [0.3, 0.4) is 0 Å². The van der Waals surface area contributed by atoms with Gasteiger partial charge in [0, 0.05) is 12.4 Å². The van der Waals surface area contributed by atoms with Crippen molar-refractivity contribution < 1.29 is 9.21 Å². The molecule has 0 spiro atoms. The Kier molecular flexibility index (Phi) is 2.73. The number of nitrogens with one attached hydrogen (secondary N) is 1. The molecule has 2 heterocycles. The van der Waals surface area contributed by atoms with Crippen molar-refractivity contribution in [2.24, 2.45) is 7.05 Å². The van der Waals surface area contributed by atoms with E-state index in [0.29, 0.717) is 22.5 Å². The molecule has 20 heavy (non-hydrogen) atoms. The number of aryl methyl sites for hydroxylation is 1. The number of furan rings is 1. The van der Waals surface area contributed by atoms with Gasteiger partial charge in [0.1, 0.15) is 29.3 Å². The average Bonchev–Trinajstić information content (AvgIpc) is 3.03. The van der Waals surface area contributed by atoms with E-state index in [4.69, 9.17) is 9.68 Å².